The summed E-state index contributed by atoms with van der Waals surface area (Å²) in [6, 6.07) is -0.879. The van der Waals surface area contributed by atoms with Crippen molar-refractivity contribution < 1.29 is 28.6 Å². The summed E-state index contributed by atoms with van der Waals surface area (Å²) in [5.74, 6) is -0.407. The fourth-order valence-corrected chi connectivity index (χ4v) is 3.01. The third-order valence-corrected chi connectivity index (χ3v) is 4.03. The van der Waals surface area contributed by atoms with Crippen molar-refractivity contribution in [2.75, 3.05) is 13.2 Å². The normalized spacial score (nSPS) is 25.3. The molecule has 0 bridgehead atoms. The number of ether oxygens (including phenoxy) is 3. The van der Waals surface area contributed by atoms with Crippen molar-refractivity contribution in [3.05, 3.63) is 0 Å². The van der Waals surface area contributed by atoms with Gasteiger partial charge in [0.15, 0.2) is 6.04 Å². The monoisotopic (exact) mass is 370 g/mol. The van der Waals surface area contributed by atoms with Crippen LogP contribution in [0.25, 0.3) is 0 Å². The van der Waals surface area contributed by atoms with Gasteiger partial charge in [0.25, 0.3) is 0 Å². The van der Waals surface area contributed by atoms with Gasteiger partial charge in [-0.05, 0) is 66.7 Å². The van der Waals surface area contributed by atoms with Crippen LogP contribution < -0.4 is 0 Å². The lowest BCUT2D eigenvalue weighted by atomic mass is 10.1. The average molecular weight is 370 g/mol. The van der Waals surface area contributed by atoms with Crippen molar-refractivity contribution in [3.8, 4) is 0 Å². The molecule has 2 amide bonds. The fourth-order valence-electron chi connectivity index (χ4n) is 3.01. The quantitative estimate of drug-likeness (QED) is 0.549. The van der Waals surface area contributed by atoms with Gasteiger partial charge in [0.2, 0.25) is 0 Å². The average Bonchev–Trinajstić information content (AvgIpc) is 3.20. The molecule has 3 atom stereocenters. The number of carbonyl (C=O) groups is 3. The zero-order valence-electron chi connectivity index (χ0n) is 16.7. The maximum atomic E-state index is 12.8. The molecule has 8 nitrogen and oxygen atoms in total. The summed E-state index contributed by atoms with van der Waals surface area (Å²) >= 11 is 0. The molecule has 2 unspecified atom stereocenters. The summed E-state index contributed by atoms with van der Waals surface area (Å²) in [6.45, 7) is 12.6. The number of esters is 1. The molecule has 2 fully saturated rings. The second kappa shape index (κ2) is 6.96. The van der Waals surface area contributed by atoms with E-state index >= 15 is 0 Å². The summed E-state index contributed by atoms with van der Waals surface area (Å²) in [4.78, 5) is 38.0. The lowest BCUT2D eigenvalue weighted by Crippen LogP contribution is -2.62. The van der Waals surface area contributed by atoms with E-state index in [2.05, 4.69) is 0 Å². The van der Waals surface area contributed by atoms with E-state index in [-0.39, 0.29) is 18.4 Å². The van der Waals surface area contributed by atoms with Crippen LogP contribution in [0.3, 0.4) is 0 Å². The van der Waals surface area contributed by atoms with Crippen LogP contribution in [0.4, 0.5) is 9.59 Å². The standard InChI is InChI=1S/C18H30N2O6/c1-8-24-14(21)13-12-9-11(12)10-19(15(22)25-17(2,3)4)20(13)16(23)26-18(5,6)7/h11-13H,8-10H2,1-7H3/t11?,12?,13-/m0/s1. The van der Waals surface area contributed by atoms with Crippen molar-refractivity contribution in [2.24, 2.45) is 11.8 Å². The number of rotatable bonds is 2. The first-order chi connectivity index (χ1) is 11.8. The van der Waals surface area contributed by atoms with Crippen molar-refractivity contribution >= 4 is 18.2 Å². The number of hydrazine groups is 1. The molecule has 1 heterocycles. The predicted octanol–water partition coefficient (Wildman–Crippen LogP) is 2.96. The Kier molecular flexibility index (Phi) is 5.44. The Morgan fingerprint density at radius 1 is 0.962 bits per heavy atom. The minimum absolute atomic E-state index is 0.0275. The highest BCUT2D eigenvalue weighted by Crippen LogP contribution is 2.48. The minimum Gasteiger partial charge on any atom is -0.464 e. The molecule has 0 aromatic heterocycles. The number of fused-ring (bicyclic) bond motifs is 1. The lowest BCUT2D eigenvalue weighted by Gasteiger charge is -2.42. The molecule has 148 valence electrons. The van der Waals surface area contributed by atoms with Crippen LogP contribution in [-0.4, -0.2) is 58.6 Å². The Balaban J connectivity index is 2.33. The van der Waals surface area contributed by atoms with Crippen LogP contribution in [0.5, 0.6) is 0 Å². The number of carbonyl (C=O) groups excluding carboxylic acids is 3. The van der Waals surface area contributed by atoms with E-state index in [0.29, 0.717) is 6.54 Å². The van der Waals surface area contributed by atoms with E-state index in [0.717, 1.165) is 11.4 Å². The van der Waals surface area contributed by atoms with Crippen molar-refractivity contribution in [1.82, 2.24) is 10.0 Å². The Hall–Kier alpha value is -1.99. The summed E-state index contributed by atoms with van der Waals surface area (Å²) in [6.07, 6.45) is -0.683. The Bertz CT molecular complexity index is 577. The number of amides is 2. The molecule has 1 saturated carbocycles. The van der Waals surface area contributed by atoms with E-state index in [4.69, 9.17) is 14.2 Å². The third kappa shape index (κ3) is 4.80. The molecule has 1 saturated heterocycles. The van der Waals surface area contributed by atoms with Gasteiger partial charge in [0.1, 0.15) is 11.2 Å². The first-order valence-corrected chi connectivity index (χ1v) is 9.03. The summed E-state index contributed by atoms with van der Waals surface area (Å²) < 4.78 is 16.0. The van der Waals surface area contributed by atoms with Crippen LogP contribution in [0.1, 0.15) is 54.9 Å². The van der Waals surface area contributed by atoms with Crippen LogP contribution in [0, 0.1) is 11.8 Å². The molecular formula is C18H30N2O6. The maximum Gasteiger partial charge on any atom is 0.430 e. The second-order valence-corrected chi connectivity index (χ2v) is 8.74. The summed E-state index contributed by atoms with van der Waals surface area (Å²) in [5, 5.41) is 2.28. The molecule has 2 rings (SSSR count). The first kappa shape index (κ1) is 20.3. The summed E-state index contributed by atoms with van der Waals surface area (Å²) in [7, 11) is 0. The topological polar surface area (TPSA) is 85.4 Å². The van der Waals surface area contributed by atoms with Gasteiger partial charge in [-0.2, -0.15) is 5.01 Å². The number of nitrogens with zero attached hydrogens (tertiary/aromatic N) is 2. The second-order valence-electron chi connectivity index (χ2n) is 8.74. The molecule has 0 N–H and O–H groups in total. The zero-order chi connectivity index (χ0) is 19.9. The fraction of sp³-hybridized carbons (Fsp3) is 0.833. The molecule has 1 aliphatic heterocycles. The van der Waals surface area contributed by atoms with Gasteiger partial charge in [-0.3, -0.25) is 0 Å². The Morgan fingerprint density at radius 2 is 1.50 bits per heavy atom. The molecule has 2 aliphatic rings. The van der Waals surface area contributed by atoms with Gasteiger partial charge in [-0.25, -0.2) is 19.4 Å². The predicted molar refractivity (Wildman–Crippen MR) is 93.0 cm³/mol. The molecule has 0 aromatic rings. The van der Waals surface area contributed by atoms with Crippen LogP contribution in [0.2, 0.25) is 0 Å². The molecular weight excluding hydrogens is 340 g/mol. The van der Waals surface area contributed by atoms with Gasteiger partial charge < -0.3 is 14.2 Å². The molecule has 0 radical (unpaired) electrons. The minimum atomic E-state index is -0.879. The molecule has 26 heavy (non-hydrogen) atoms. The highest BCUT2D eigenvalue weighted by Gasteiger charge is 2.59. The van der Waals surface area contributed by atoms with Crippen LogP contribution in [-0.2, 0) is 19.0 Å². The van der Waals surface area contributed by atoms with E-state index in [1.165, 1.54) is 5.01 Å². The summed E-state index contributed by atoms with van der Waals surface area (Å²) in [5.41, 5.74) is -1.49. The highest BCUT2D eigenvalue weighted by atomic mass is 16.6. The van der Waals surface area contributed by atoms with E-state index in [1.807, 2.05) is 0 Å². The van der Waals surface area contributed by atoms with Crippen LogP contribution >= 0.6 is 0 Å². The van der Waals surface area contributed by atoms with Gasteiger partial charge >= 0.3 is 18.2 Å². The van der Waals surface area contributed by atoms with E-state index in [1.54, 1.807) is 48.5 Å². The molecule has 8 heteroatoms. The number of hydrogen-bond donors (Lipinski definition) is 0. The molecule has 1 aliphatic carbocycles. The van der Waals surface area contributed by atoms with Gasteiger partial charge in [-0.1, -0.05) is 0 Å². The maximum absolute atomic E-state index is 12.8. The van der Waals surface area contributed by atoms with Gasteiger partial charge in [-0.15, -0.1) is 0 Å². The van der Waals surface area contributed by atoms with E-state index in [9.17, 15) is 14.4 Å². The molecule has 0 aromatic carbocycles. The third-order valence-electron chi connectivity index (χ3n) is 4.03. The van der Waals surface area contributed by atoms with Gasteiger partial charge in [0, 0.05) is 6.54 Å². The smallest absolute Gasteiger partial charge is 0.430 e. The first-order valence-electron chi connectivity index (χ1n) is 9.03. The zero-order valence-corrected chi connectivity index (χ0v) is 16.7. The van der Waals surface area contributed by atoms with E-state index < -0.39 is 35.4 Å². The Labute approximate surface area is 154 Å². The molecule has 0 spiro atoms. The highest BCUT2D eigenvalue weighted by molar-refractivity contribution is 5.84. The van der Waals surface area contributed by atoms with Crippen molar-refractivity contribution in [2.45, 2.75) is 72.1 Å². The van der Waals surface area contributed by atoms with Crippen molar-refractivity contribution in [1.29, 1.82) is 0 Å². The van der Waals surface area contributed by atoms with Gasteiger partial charge in [0.05, 0.1) is 6.61 Å². The number of hydrogen-bond acceptors (Lipinski definition) is 6. The largest absolute Gasteiger partial charge is 0.464 e. The SMILES string of the molecule is CCOC(=O)[C@@H]1C2CC2CN(C(=O)OC(C)(C)C)N1C(=O)OC(C)(C)C. The van der Waals surface area contributed by atoms with Crippen molar-refractivity contribution in [3.63, 3.8) is 0 Å². The lowest BCUT2D eigenvalue weighted by molar-refractivity contribution is -0.162. The van der Waals surface area contributed by atoms with Crippen LogP contribution in [0.15, 0.2) is 0 Å². The Morgan fingerprint density at radius 3 is 2.00 bits per heavy atom.